The molecule has 1 unspecified atom stereocenters. The molecule has 1 rings (SSSR count). The minimum atomic E-state index is -4.39. The van der Waals surface area contributed by atoms with Crippen LogP contribution in [0.3, 0.4) is 0 Å². The minimum absolute atomic E-state index is 0.325. The maximum atomic E-state index is 12.8. The Morgan fingerprint density at radius 2 is 2.05 bits per heavy atom. The molecule has 0 fully saturated rings. The van der Waals surface area contributed by atoms with Crippen LogP contribution in [0.15, 0.2) is 48.6 Å². The molecule has 1 atom stereocenters. The summed E-state index contributed by atoms with van der Waals surface area (Å²) < 4.78 is 38.3. The first-order chi connectivity index (χ1) is 10.4. The molecular weight excluding hydrogens is 291 g/mol. The summed E-state index contributed by atoms with van der Waals surface area (Å²) in [6.45, 7) is 3.74. The van der Waals surface area contributed by atoms with E-state index in [4.69, 9.17) is 0 Å². The average molecular weight is 311 g/mol. The largest absolute Gasteiger partial charge is 0.416 e. The van der Waals surface area contributed by atoms with Crippen LogP contribution >= 0.6 is 0 Å². The van der Waals surface area contributed by atoms with Crippen molar-refractivity contribution in [2.75, 3.05) is 0 Å². The van der Waals surface area contributed by atoms with Crippen molar-refractivity contribution in [1.82, 2.24) is 5.32 Å². The molecule has 22 heavy (non-hydrogen) atoms. The molecule has 0 aromatic heterocycles. The second kappa shape index (κ2) is 8.41. The van der Waals surface area contributed by atoms with Crippen LogP contribution in [0.1, 0.15) is 43.9 Å². The van der Waals surface area contributed by atoms with E-state index in [0.29, 0.717) is 12.0 Å². The molecule has 0 radical (unpaired) electrons. The maximum absolute atomic E-state index is 12.8. The van der Waals surface area contributed by atoms with Gasteiger partial charge in [0, 0.05) is 6.08 Å². The molecular formula is C17H20F3NO. The van der Waals surface area contributed by atoms with Gasteiger partial charge in [0.1, 0.15) is 0 Å². The third-order valence-corrected chi connectivity index (χ3v) is 3.06. The fraction of sp³-hybridized carbons (Fsp3) is 0.353. The standard InChI is InChI=1S/C17H20F3NO/c1-3-5-6-11-16(22)21-15(8-4-2)13-9-7-10-14(12-13)17(18,19)20/h3,5-7,9-12,15H,4,8H2,1-2H3,(H,21,22)/b5-3+,11-6+. The van der Waals surface area contributed by atoms with Gasteiger partial charge in [-0.15, -0.1) is 0 Å². The smallest absolute Gasteiger partial charge is 0.346 e. The van der Waals surface area contributed by atoms with Crippen LogP contribution in [0, 0.1) is 0 Å². The number of hydrogen-bond acceptors (Lipinski definition) is 1. The van der Waals surface area contributed by atoms with E-state index in [0.717, 1.165) is 18.6 Å². The Labute approximate surface area is 128 Å². The van der Waals surface area contributed by atoms with E-state index in [1.54, 1.807) is 24.3 Å². The Kier molecular flexibility index (Phi) is 6.89. The number of benzene rings is 1. The van der Waals surface area contributed by atoms with E-state index in [9.17, 15) is 18.0 Å². The van der Waals surface area contributed by atoms with E-state index < -0.39 is 17.8 Å². The van der Waals surface area contributed by atoms with Gasteiger partial charge in [-0.3, -0.25) is 4.79 Å². The van der Waals surface area contributed by atoms with E-state index in [1.807, 2.05) is 13.8 Å². The van der Waals surface area contributed by atoms with Crippen molar-refractivity contribution >= 4 is 5.91 Å². The van der Waals surface area contributed by atoms with Crippen LogP contribution in [-0.2, 0) is 11.0 Å². The molecule has 1 N–H and O–H groups in total. The van der Waals surface area contributed by atoms with Gasteiger partial charge < -0.3 is 5.32 Å². The zero-order chi connectivity index (χ0) is 16.6. The fourth-order valence-corrected chi connectivity index (χ4v) is 2.02. The Balaban J connectivity index is 2.93. The van der Waals surface area contributed by atoms with Crippen molar-refractivity contribution < 1.29 is 18.0 Å². The SMILES string of the molecule is C/C=C/C=C/C(=O)NC(CCC)c1cccc(C(F)(F)F)c1. The topological polar surface area (TPSA) is 29.1 Å². The van der Waals surface area contributed by atoms with Crippen molar-refractivity contribution in [3.63, 3.8) is 0 Å². The molecule has 1 aromatic carbocycles. The molecule has 2 nitrogen and oxygen atoms in total. The van der Waals surface area contributed by atoms with E-state index in [2.05, 4.69) is 5.32 Å². The van der Waals surface area contributed by atoms with Gasteiger partial charge in [-0.05, 0) is 31.0 Å². The van der Waals surface area contributed by atoms with E-state index >= 15 is 0 Å². The number of amides is 1. The van der Waals surface area contributed by atoms with Crippen molar-refractivity contribution in [2.24, 2.45) is 0 Å². The quantitative estimate of drug-likeness (QED) is 0.593. The molecule has 0 aliphatic rings. The molecule has 0 aliphatic heterocycles. The highest BCUT2D eigenvalue weighted by atomic mass is 19.4. The summed E-state index contributed by atoms with van der Waals surface area (Å²) >= 11 is 0. The summed E-state index contributed by atoms with van der Waals surface area (Å²) in [5, 5.41) is 2.74. The third-order valence-electron chi connectivity index (χ3n) is 3.06. The highest BCUT2D eigenvalue weighted by Crippen LogP contribution is 2.31. The summed E-state index contributed by atoms with van der Waals surface area (Å²) in [4.78, 5) is 11.8. The normalized spacial score (nSPS) is 13.7. The van der Waals surface area contributed by atoms with Gasteiger partial charge in [0.2, 0.25) is 5.91 Å². The number of hydrogen-bond donors (Lipinski definition) is 1. The van der Waals surface area contributed by atoms with E-state index in [-0.39, 0.29) is 5.91 Å². The molecule has 0 aliphatic carbocycles. The summed E-state index contributed by atoms with van der Waals surface area (Å²) in [6, 6.07) is 4.65. The van der Waals surface area contributed by atoms with Crippen LogP contribution in [0.5, 0.6) is 0 Å². The first-order valence-corrected chi connectivity index (χ1v) is 7.15. The van der Waals surface area contributed by atoms with Gasteiger partial charge in [-0.2, -0.15) is 13.2 Å². The maximum Gasteiger partial charge on any atom is 0.416 e. The lowest BCUT2D eigenvalue weighted by molar-refractivity contribution is -0.137. The van der Waals surface area contributed by atoms with Gasteiger partial charge in [0.15, 0.2) is 0 Å². The van der Waals surface area contributed by atoms with Crippen LogP contribution in [-0.4, -0.2) is 5.91 Å². The number of carbonyl (C=O) groups is 1. The fourth-order valence-electron chi connectivity index (χ4n) is 2.02. The molecule has 0 bridgehead atoms. The molecule has 1 amide bonds. The lowest BCUT2D eigenvalue weighted by Crippen LogP contribution is -2.27. The van der Waals surface area contributed by atoms with Crippen molar-refractivity contribution in [3.8, 4) is 0 Å². The summed E-state index contributed by atoms with van der Waals surface area (Å²) in [7, 11) is 0. The van der Waals surface area contributed by atoms with Crippen LogP contribution in [0.4, 0.5) is 13.2 Å². The van der Waals surface area contributed by atoms with Gasteiger partial charge in [-0.25, -0.2) is 0 Å². The lowest BCUT2D eigenvalue weighted by Gasteiger charge is -2.19. The Morgan fingerprint density at radius 1 is 1.32 bits per heavy atom. The van der Waals surface area contributed by atoms with Crippen LogP contribution < -0.4 is 5.32 Å². The van der Waals surface area contributed by atoms with Crippen LogP contribution in [0.2, 0.25) is 0 Å². The third kappa shape index (κ3) is 5.76. The zero-order valence-corrected chi connectivity index (χ0v) is 12.7. The summed E-state index contributed by atoms with van der Waals surface area (Å²) in [5.41, 5.74) is -0.241. The first kappa shape index (κ1) is 18.0. The molecule has 0 spiro atoms. The molecule has 1 aromatic rings. The van der Waals surface area contributed by atoms with Gasteiger partial charge in [-0.1, -0.05) is 43.7 Å². The second-order valence-corrected chi connectivity index (χ2v) is 4.86. The van der Waals surface area contributed by atoms with Gasteiger partial charge in [0.25, 0.3) is 0 Å². The van der Waals surface area contributed by atoms with Gasteiger partial charge >= 0.3 is 6.18 Å². The second-order valence-electron chi connectivity index (χ2n) is 4.86. The number of nitrogens with one attached hydrogen (secondary N) is 1. The number of halogens is 3. The number of allylic oxidation sites excluding steroid dienone is 3. The van der Waals surface area contributed by atoms with Gasteiger partial charge in [0.05, 0.1) is 11.6 Å². The molecule has 0 heterocycles. The van der Waals surface area contributed by atoms with Crippen molar-refractivity contribution in [2.45, 2.75) is 38.9 Å². The average Bonchev–Trinajstić information content (AvgIpc) is 2.46. The molecule has 0 saturated heterocycles. The van der Waals surface area contributed by atoms with Crippen molar-refractivity contribution in [1.29, 1.82) is 0 Å². The predicted octanol–water partition coefficient (Wildman–Crippen LogP) is 4.80. The summed E-state index contributed by atoms with van der Waals surface area (Å²) in [6.07, 6.45) is 3.37. The monoisotopic (exact) mass is 311 g/mol. The number of rotatable bonds is 6. The lowest BCUT2D eigenvalue weighted by atomic mass is 10.00. The Hall–Kier alpha value is -2.04. The van der Waals surface area contributed by atoms with E-state index in [1.165, 1.54) is 12.1 Å². The molecule has 0 saturated carbocycles. The molecule has 120 valence electrons. The summed E-state index contributed by atoms with van der Waals surface area (Å²) in [5.74, 6) is -0.325. The minimum Gasteiger partial charge on any atom is -0.346 e. The Morgan fingerprint density at radius 3 is 2.64 bits per heavy atom. The zero-order valence-electron chi connectivity index (χ0n) is 12.7. The molecule has 5 heteroatoms. The van der Waals surface area contributed by atoms with Crippen LogP contribution in [0.25, 0.3) is 0 Å². The predicted molar refractivity (Wildman–Crippen MR) is 81.2 cm³/mol. The highest BCUT2D eigenvalue weighted by molar-refractivity contribution is 5.88. The van der Waals surface area contributed by atoms with Crippen molar-refractivity contribution in [3.05, 3.63) is 59.7 Å². The number of carbonyl (C=O) groups excluding carboxylic acids is 1. The highest BCUT2D eigenvalue weighted by Gasteiger charge is 2.31. The number of alkyl halides is 3. The first-order valence-electron chi connectivity index (χ1n) is 7.15. The Bertz CT molecular complexity index is 547.